The van der Waals surface area contributed by atoms with E-state index in [9.17, 15) is 0 Å². The van der Waals surface area contributed by atoms with Crippen LogP contribution in [0.15, 0.2) is 4.52 Å². The highest BCUT2D eigenvalue weighted by atomic mass is 35.5. The number of aromatic nitrogens is 2. The Morgan fingerprint density at radius 3 is 2.75 bits per heavy atom. The van der Waals surface area contributed by atoms with Gasteiger partial charge in [-0.15, -0.1) is 12.4 Å². The van der Waals surface area contributed by atoms with Crippen molar-refractivity contribution in [1.82, 2.24) is 15.0 Å². The van der Waals surface area contributed by atoms with Crippen LogP contribution in [0.5, 0.6) is 0 Å². The van der Waals surface area contributed by atoms with Gasteiger partial charge in [-0.3, -0.25) is 4.90 Å². The van der Waals surface area contributed by atoms with Crippen LogP contribution in [0.4, 0.5) is 0 Å². The van der Waals surface area contributed by atoms with E-state index in [0.29, 0.717) is 25.0 Å². The van der Waals surface area contributed by atoms with E-state index in [0.717, 1.165) is 18.7 Å². The number of rotatable bonds is 6. The van der Waals surface area contributed by atoms with Crippen LogP contribution in [-0.2, 0) is 13.0 Å². The maximum Gasteiger partial charge on any atom is 0.240 e. The van der Waals surface area contributed by atoms with Crippen LogP contribution in [0.3, 0.4) is 0 Å². The van der Waals surface area contributed by atoms with Gasteiger partial charge in [-0.2, -0.15) is 4.98 Å². The molecule has 1 aromatic heterocycles. The summed E-state index contributed by atoms with van der Waals surface area (Å²) < 4.78 is 5.14. The molecule has 0 fully saturated rings. The molecule has 1 unspecified atom stereocenters. The highest BCUT2D eigenvalue weighted by Crippen LogP contribution is 2.05. The smallest absolute Gasteiger partial charge is 0.240 e. The summed E-state index contributed by atoms with van der Waals surface area (Å²) in [4.78, 5) is 6.40. The minimum Gasteiger partial charge on any atom is -0.338 e. The molecule has 1 aromatic rings. The van der Waals surface area contributed by atoms with E-state index in [2.05, 4.69) is 28.9 Å². The molecule has 0 spiro atoms. The van der Waals surface area contributed by atoms with Crippen molar-refractivity contribution in [3.63, 3.8) is 0 Å². The minimum atomic E-state index is 0. The predicted molar refractivity (Wildman–Crippen MR) is 65.5 cm³/mol. The Morgan fingerprint density at radius 1 is 1.50 bits per heavy atom. The first-order valence-corrected chi connectivity index (χ1v) is 5.39. The van der Waals surface area contributed by atoms with Gasteiger partial charge in [0.05, 0.1) is 6.54 Å². The summed E-state index contributed by atoms with van der Waals surface area (Å²) in [5, 5.41) is 3.90. The molecule has 0 aliphatic carbocycles. The molecule has 1 rings (SSSR count). The standard InChI is InChI=1S/C10H20N4O.ClH/c1-4-5-9-12-10(15-13-9)7-14(3)8(2)6-11;/h8H,4-7,11H2,1-3H3;1H. The third kappa shape index (κ3) is 4.47. The van der Waals surface area contributed by atoms with Gasteiger partial charge < -0.3 is 10.3 Å². The Labute approximate surface area is 103 Å². The summed E-state index contributed by atoms with van der Waals surface area (Å²) in [5.74, 6) is 1.46. The third-order valence-corrected chi connectivity index (χ3v) is 2.46. The van der Waals surface area contributed by atoms with Crippen LogP contribution >= 0.6 is 12.4 Å². The Hall–Kier alpha value is -0.650. The van der Waals surface area contributed by atoms with Crippen molar-refractivity contribution in [2.75, 3.05) is 13.6 Å². The summed E-state index contributed by atoms with van der Waals surface area (Å²) in [7, 11) is 2.00. The van der Waals surface area contributed by atoms with Crippen LogP contribution in [-0.4, -0.2) is 34.7 Å². The van der Waals surface area contributed by atoms with Crippen LogP contribution in [0.2, 0.25) is 0 Å². The lowest BCUT2D eigenvalue weighted by molar-refractivity contribution is 0.218. The fourth-order valence-corrected chi connectivity index (χ4v) is 1.23. The Bertz CT molecular complexity index is 292. The fraction of sp³-hybridized carbons (Fsp3) is 0.800. The first-order valence-electron chi connectivity index (χ1n) is 5.39. The fourth-order valence-electron chi connectivity index (χ4n) is 1.23. The Morgan fingerprint density at radius 2 is 2.19 bits per heavy atom. The zero-order valence-corrected chi connectivity index (χ0v) is 11.0. The molecule has 0 aliphatic rings. The molecule has 0 aromatic carbocycles. The van der Waals surface area contributed by atoms with Gasteiger partial charge in [0.15, 0.2) is 5.82 Å². The number of nitrogens with zero attached hydrogens (tertiary/aromatic N) is 3. The summed E-state index contributed by atoms with van der Waals surface area (Å²) in [6, 6.07) is 0.325. The van der Waals surface area contributed by atoms with Crippen LogP contribution in [0.1, 0.15) is 32.0 Å². The van der Waals surface area contributed by atoms with Crippen molar-refractivity contribution in [3.05, 3.63) is 11.7 Å². The van der Waals surface area contributed by atoms with Crippen LogP contribution < -0.4 is 5.73 Å². The molecule has 0 aliphatic heterocycles. The number of hydrogen-bond donors (Lipinski definition) is 1. The summed E-state index contributed by atoms with van der Waals surface area (Å²) >= 11 is 0. The second kappa shape index (κ2) is 7.60. The van der Waals surface area contributed by atoms with E-state index in [1.54, 1.807) is 0 Å². The number of likely N-dealkylation sites (N-methyl/N-ethyl adjacent to an activating group) is 1. The molecule has 5 nitrogen and oxygen atoms in total. The molecular weight excluding hydrogens is 228 g/mol. The van der Waals surface area contributed by atoms with Gasteiger partial charge in [0, 0.05) is 19.0 Å². The lowest BCUT2D eigenvalue weighted by Gasteiger charge is -2.20. The Balaban J connectivity index is 0.00000225. The molecule has 0 amide bonds. The van der Waals surface area contributed by atoms with Gasteiger partial charge in [0.2, 0.25) is 5.89 Å². The number of halogens is 1. The van der Waals surface area contributed by atoms with Crippen molar-refractivity contribution >= 4 is 12.4 Å². The van der Waals surface area contributed by atoms with Gasteiger partial charge in [-0.1, -0.05) is 12.1 Å². The summed E-state index contributed by atoms with van der Waals surface area (Å²) in [6.07, 6.45) is 1.91. The quantitative estimate of drug-likeness (QED) is 0.820. The van der Waals surface area contributed by atoms with Gasteiger partial charge in [-0.05, 0) is 20.4 Å². The maximum atomic E-state index is 5.57. The zero-order chi connectivity index (χ0) is 11.3. The highest BCUT2D eigenvalue weighted by Gasteiger charge is 2.12. The molecule has 2 N–H and O–H groups in total. The molecule has 6 heteroatoms. The topological polar surface area (TPSA) is 68.2 Å². The largest absolute Gasteiger partial charge is 0.338 e. The molecule has 94 valence electrons. The first kappa shape index (κ1) is 15.3. The monoisotopic (exact) mass is 248 g/mol. The van der Waals surface area contributed by atoms with Crippen molar-refractivity contribution in [1.29, 1.82) is 0 Å². The number of hydrogen-bond acceptors (Lipinski definition) is 5. The van der Waals surface area contributed by atoms with E-state index in [1.165, 1.54) is 0 Å². The Kier molecular flexibility index (Phi) is 7.29. The lowest BCUT2D eigenvalue weighted by Crippen LogP contribution is -2.34. The first-order chi connectivity index (χ1) is 7.17. The van der Waals surface area contributed by atoms with E-state index in [1.807, 2.05) is 7.05 Å². The predicted octanol–water partition coefficient (Wildman–Crippen LogP) is 1.22. The molecule has 0 saturated heterocycles. The molecule has 1 heterocycles. The van der Waals surface area contributed by atoms with Crippen molar-refractivity contribution < 1.29 is 4.52 Å². The summed E-state index contributed by atoms with van der Waals surface area (Å²) in [6.45, 7) is 5.46. The molecular formula is C10H21ClN4O. The van der Waals surface area contributed by atoms with E-state index in [-0.39, 0.29) is 12.4 Å². The van der Waals surface area contributed by atoms with E-state index < -0.39 is 0 Å². The average molecular weight is 249 g/mol. The van der Waals surface area contributed by atoms with Crippen LogP contribution in [0, 0.1) is 0 Å². The van der Waals surface area contributed by atoms with E-state index in [4.69, 9.17) is 10.3 Å². The number of nitrogens with two attached hydrogens (primary N) is 1. The normalized spacial score (nSPS) is 12.6. The molecule has 0 bridgehead atoms. The number of aryl methyl sites for hydroxylation is 1. The average Bonchev–Trinajstić information content (AvgIpc) is 2.65. The van der Waals surface area contributed by atoms with Crippen LogP contribution in [0.25, 0.3) is 0 Å². The second-order valence-corrected chi connectivity index (χ2v) is 3.85. The maximum absolute atomic E-state index is 5.57. The van der Waals surface area contributed by atoms with Gasteiger partial charge in [0.25, 0.3) is 0 Å². The van der Waals surface area contributed by atoms with Gasteiger partial charge >= 0.3 is 0 Å². The molecule has 0 saturated carbocycles. The van der Waals surface area contributed by atoms with Crippen molar-refractivity contribution in [3.8, 4) is 0 Å². The molecule has 1 atom stereocenters. The van der Waals surface area contributed by atoms with E-state index >= 15 is 0 Å². The SMILES string of the molecule is CCCc1noc(CN(C)C(C)CN)n1.Cl. The van der Waals surface area contributed by atoms with Gasteiger partial charge in [0.1, 0.15) is 0 Å². The lowest BCUT2D eigenvalue weighted by atomic mass is 10.3. The summed E-state index contributed by atoms with van der Waals surface area (Å²) in [5.41, 5.74) is 5.57. The molecule has 0 radical (unpaired) electrons. The van der Waals surface area contributed by atoms with Gasteiger partial charge in [-0.25, -0.2) is 0 Å². The third-order valence-electron chi connectivity index (χ3n) is 2.46. The zero-order valence-electron chi connectivity index (χ0n) is 10.1. The molecule has 16 heavy (non-hydrogen) atoms. The van der Waals surface area contributed by atoms with Crippen molar-refractivity contribution in [2.24, 2.45) is 5.73 Å². The second-order valence-electron chi connectivity index (χ2n) is 3.85. The highest BCUT2D eigenvalue weighted by molar-refractivity contribution is 5.85. The minimum absolute atomic E-state index is 0. The van der Waals surface area contributed by atoms with Crippen molar-refractivity contribution in [2.45, 2.75) is 39.3 Å².